The average molecular weight is 304 g/mol. The van der Waals surface area contributed by atoms with Crippen LogP contribution in [0.4, 0.5) is 0 Å². The molecule has 9 heteroatoms. The molecule has 2 N–H and O–H groups in total. The van der Waals surface area contributed by atoms with Gasteiger partial charge >= 0.3 is 23.9 Å². The molecule has 1 saturated heterocycles. The van der Waals surface area contributed by atoms with Gasteiger partial charge in [0.15, 0.2) is 12.2 Å². The largest absolute Gasteiger partial charge is 0.481 e. The second-order valence-corrected chi connectivity index (χ2v) is 4.21. The number of esters is 2. The first-order valence-corrected chi connectivity index (χ1v) is 6.29. The highest BCUT2D eigenvalue weighted by Crippen LogP contribution is 2.35. The van der Waals surface area contributed by atoms with Crippen molar-refractivity contribution in [2.45, 2.75) is 26.1 Å². The van der Waals surface area contributed by atoms with Gasteiger partial charge in [-0.15, -0.1) is 0 Å². The normalized spacial score (nSPS) is 27.9. The molecule has 1 aliphatic heterocycles. The van der Waals surface area contributed by atoms with Gasteiger partial charge in [-0.2, -0.15) is 0 Å². The molecule has 1 heterocycles. The van der Waals surface area contributed by atoms with Crippen LogP contribution in [0.25, 0.3) is 0 Å². The van der Waals surface area contributed by atoms with Crippen LogP contribution in [0.1, 0.15) is 13.8 Å². The Morgan fingerprint density at radius 1 is 0.857 bits per heavy atom. The van der Waals surface area contributed by atoms with Crippen molar-refractivity contribution < 1.29 is 43.6 Å². The van der Waals surface area contributed by atoms with Crippen molar-refractivity contribution in [3.63, 3.8) is 0 Å². The van der Waals surface area contributed by atoms with Crippen molar-refractivity contribution in [3.05, 3.63) is 0 Å². The van der Waals surface area contributed by atoms with Gasteiger partial charge in [-0.3, -0.25) is 9.59 Å². The summed E-state index contributed by atoms with van der Waals surface area (Å²) in [6.45, 7) is 2.94. The first-order chi connectivity index (χ1) is 9.84. The maximum absolute atomic E-state index is 11.9. The number of carboxylic acid groups (broad SMARTS) is 2. The molecule has 118 valence electrons. The van der Waals surface area contributed by atoms with E-state index in [9.17, 15) is 19.2 Å². The number of carbonyl (C=O) groups is 4. The predicted molar refractivity (Wildman–Crippen MR) is 64.2 cm³/mol. The molecule has 0 bridgehead atoms. The Morgan fingerprint density at radius 2 is 1.38 bits per heavy atom. The summed E-state index contributed by atoms with van der Waals surface area (Å²) in [6, 6.07) is 0. The number of ether oxygens (including phenoxy) is 3. The van der Waals surface area contributed by atoms with Crippen molar-refractivity contribution in [1.29, 1.82) is 0 Å². The summed E-state index contributed by atoms with van der Waals surface area (Å²) < 4.78 is 14.3. The zero-order valence-electron chi connectivity index (χ0n) is 11.5. The van der Waals surface area contributed by atoms with E-state index in [1.165, 1.54) is 13.8 Å². The molecule has 0 aromatic carbocycles. The fraction of sp³-hybridized carbons (Fsp3) is 0.667. The van der Waals surface area contributed by atoms with E-state index in [4.69, 9.17) is 19.7 Å². The minimum absolute atomic E-state index is 0.0241. The van der Waals surface area contributed by atoms with Crippen LogP contribution in [0, 0.1) is 11.8 Å². The zero-order chi connectivity index (χ0) is 16.2. The lowest BCUT2D eigenvalue weighted by atomic mass is 9.87. The molecule has 0 aromatic rings. The molecule has 21 heavy (non-hydrogen) atoms. The quantitative estimate of drug-likeness (QED) is 0.609. The lowest BCUT2D eigenvalue weighted by Gasteiger charge is -2.17. The highest BCUT2D eigenvalue weighted by atomic mass is 16.6. The van der Waals surface area contributed by atoms with E-state index < -0.39 is 47.9 Å². The summed E-state index contributed by atoms with van der Waals surface area (Å²) in [7, 11) is 0. The average Bonchev–Trinajstić information content (AvgIpc) is 2.79. The maximum Gasteiger partial charge on any atom is 0.336 e. The van der Waals surface area contributed by atoms with Crippen LogP contribution in [-0.2, 0) is 33.4 Å². The smallest absolute Gasteiger partial charge is 0.336 e. The van der Waals surface area contributed by atoms with E-state index >= 15 is 0 Å². The molecular formula is C12H16O9. The Morgan fingerprint density at radius 3 is 1.81 bits per heavy atom. The van der Waals surface area contributed by atoms with Crippen molar-refractivity contribution in [2.24, 2.45) is 11.8 Å². The van der Waals surface area contributed by atoms with Crippen molar-refractivity contribution >= 4 is 23.9 Å². The number of carbonyl (C=O) groups excluding carboxylic acids is 2. The summed E-state index contributed by atoms with van der Waals surface area (Å²) in [5.74, 6) is -8.44. The van der Waals surface area contributed by atoms with Gasteiger partial charge in [0.1, 0.15) is 11.8 Å². The molecule has 0 radical (unpaired) electrons. The summed E-state index contributed by atoms with van der Waals surface area (Å²) in [4.78, 5) is 46.0. The first-order valence-electron chi connectivity index (χ1n) is 6.29. The van der Waals surface area contributed by atoms with Crippen LogP contribution in [0.5, 0.6) is 0 Å². The predicted octanol–water partition coefficient (Wildman–Crippen LogP) is -0.718. The van der Waals surface area contributed by atoms with E-state index in [0.29, 0.717) is 0 Å². The summed E-state index contributed by atoms with van der Waals surface area (Å²) in [5.41, 5.74) is 0. The summed E-state index contributed by atoms with van der Waals surface area (Å²) in [6.07, 6.45) is -3.45. The third-order valence-electron chi connectivity index (χ3n) is 2.94. The molecule has 0 amide bonds. The van der Waals surface area contributed by atoms with Gasteiger partial charge in [-0.05, 0) is 13.8 Å². The van der Waals surface area contributed by atoms with Crippen LogP contribution in [0.2, 0.25) is 0 Å². The van der Waals surface area contributed by atoms with Crippen LogP contribution >= 0.6 is 0 Å². The second-order valence-electron chi connectivity index (χ2n) is 4.21. The van der Waals surface area contributed by atoms with Crippen molar-refractivity contribution in [3.8, 4) is 0 Å². The van der Waals surface area contributed by atoms with E-state index in [2.05, 4.69) is 4.74 Å². The van der Waals surface area contributed by atoms with E-state index in [1.54, 1.807) is 0 Å². The number of hydrogen-bond acceptors (Lipinski definition) is 7. The van der Waals surface area contributed by atoms with Gasteiger partial charge in [0, 0.05) is 0 Å². The van der Waals surface area contributed by atoms with E-state index in [1.807, 2.05) is 0 Å². The van der Waals surface area contributed by atoms with E-state index in [-0.39, 0.29) is 13.2 Å². The molecule has 0 spiro atoms. The highest BCUT2D eigenvalue weighted by Gasteiger charge is 2.58. The van der Waals surface area contributed by atoms with Crippen LogP contribution in [0.15, 0.2) is 0 Å². The third kappa shape index (κ3) is 3.48. The molecular weight excluding hydrogens is 288 g/mol. The summed E-state index contributed by atoms with van der Waals surface area (Å²) >= 11 is 0. The van der Waals surface area contributed by atoms with Gasteiger partial charge in [-0.25, -0.2) is 9.59 Å². The van der Waals surface area contributed by atoms with Gasteiger partial charge in [0.2, 0.25) is 0 Å². The Kier molecular flexibility index (Phi) is 5.65. The number of hydrogen-bond donors (Lipinski definition) is 2. The monoisotopic (exact) mass is 304 g/mol. The van der Waals surface area contributed by atoms with E-state index in [0.717, 1.165) is 0 Å². The Labute approximate surface area is 119 Å². The highest BCUT2D eigenvalue weighted by molar-refractivity contribution is 5.93. The Balaban J connectivity index is 3.16. The standard InChI is InChI=1S/C12H16O9/c1-3-19-11(17)6-5(9(13)14)7(10(15)16)21-8(6)12(18)20-4-2/h5-8H,3-4H2,1-2H3,(H,13,14)(H,15,16). The van der Waals surface area contributed by atoms with Gasteiger partial charge < -0.3 is 24.4 Å². The third-order valence-corrected chi connectivity index (χ3v) is 2.94. The van der Waals surface area contributed by atoms with Gasteiger partial charge in [0.25, 0.3) is 0 Å². The Bertz CT molecular complexity index is 444. The Hall–Kier alpha value is -2.16. The van der Waals surface area contributed by atoms with Gasteiger partial charge in [-0.1, -0.05) is 0 Å². The van der Waals surface area contributed by atoms with Gasteiger partial charge in [0.05, 0.1) is 13.2 Å². The summed E-state index contributed by atoms with van der Waals surface area (Å²) in [5, 5.41) is 18.1. The minimum Gasteiger partial charge on any atom is -0.481 e. The number of carboxylic acids is 2. The maximum atomic E-state index is 11.9. The molecule has 9 nitrogen and oxygen atoms in total. The molecule has 1 aliphatic rings. The molecule has 0 aromatic heterocycles. The first kappa shape index (κ1) is 16.9. The molecule has 1 fully saturated rings. The SMILES string of the molecule is CCOC(=O)C1OC(C(=O)O)C(C(=O)O)C1C(=O)OCC. The van der Waals surface area contributed by atoms with Crippen LogP contribution in [0.3, 0.4) is 0 Å². The molecule has 0 saturated carbocycles. The fourth-order valence-corrected chi connectivity index (χ4v) is 2.13. The topological polar surface area (TPSA) is 136 Å². The lowest BCUT2D eigenvalue weighted by molar-refractivity contribution is -0.167. The van der Waals surface area contributed by atoms with Crippen molar-refractivity contribution in [1.82, 2.24) is 0 Å². The fourth-order valence-electron chi connectivity index (χ4n) is 2.13. The molecule has 1 rings (SSSR count). The molecule has 4 unspecified atom stereocenters. The van der Waals surface area contributed by atoms with Crippen LogP contribution in [-0.4, -0.2) is 59.5 Å². The minimum atomic E-state index is -1.83. The number of rotatable bonds is 6. The number of aliphatic carboxylic acids is 2. The second kappa shape index (κ2) is 7.02. The lowest BCUT2D eigenvalue weighted by Crippen LogP contribution is -2.40. The van der Waals surface area contributed by atoms with Crippen molar-refractivity contribution in [2.75, 3.05) is 13.2 Å². The van der Waals surface area contributed by atoms with Crippen LogP contribution < -0.4 is 0 Å². The molecule has 4 atom stereocenters. The molecule has 0 aliphatic carbocycles. The zero-order valence-corrected chi connectivity index (χ0v) is 11.5.